The number of halogens is 1. The van der Waals surface area contributed by atoms with Crippen LogP contribution in [0.5, 0.6) is 0 Å². The van der Waals surface area contributed by atoms with Crippen LogP contribution in [0.15, 0.2) is 6.07 Å². The molecule has 86 valence electrons. The zero-order chi connectivity index (χ0) is 11.9. The lowest BCUT2D eigenvalue weighted by molar-refractivity contribution is 0.0479. The summed E-state index contributed by atoms with van der Waals surface area (Å²) in [6.45, 7) is 6.63. The van der Waals surface area contributed by atoms with Crippen LogP contribution >= 0.6 is 11.6 Å². The predicted octanol–water partition coefficient (Wildman–Crippen LogP) is 2.75. The Kier molecular flexibility index (Phi) is 2.66. The molecule has 4 heteroatoms. The molecule has 16 heavy (non-hydrogen) atoms. The van der Waals surface area contributed by atoms with Crippen molar-refractivity contribution >= 4 is 17.6 Å². The van der Waals surface area contributed by atoms with Crippen molar-refractivity contribution in [1.29, 1.82) is 0 Å². The van der Waals surface area contributed by atoms with Crippen molar-refractivity contribution in [1.82, 2.24) is 4.98 Å². The summed E-state index contributed by atoms with van der Waals surface area (Å²) < 4.78 is 4.95. The second-order valence-corrected chi connectivity index (χ2v) is 5.33. The summed E-state index contributed by atoms with van der Waals surface area (Å²) in [4.78, 5) is 15.8. The number of carbonyl (C=O) groups excluding carboxylic acids is 1. The van der Waals surface area contributed by atoms with Gasteiger partial charge in [-0.3, -0.25) is 0 Å². The molecule has 2 heterocycles. The molecule has 0 aromatic carbocycles. The highest BCUT2D eigenvalue weighted by Gasteiger charge is 2.26. The van der Waals surface area contributed by atoms with Gasteiger partial charge in [0, 0.05) is 17.5 Å². The van der Waals surface area contributed by atoms with E-state index in [-0.39, 0.29) is 16.5 Å². The van der Waals surface area contributed by atoms with Gasteiger partial charge in [-0.1, -0.05) is 32.4 Å². The van der Waals surface area contributed by atoms with Crippen molar-refractivity contribution < 1.29 is 9.53 Å². The Balaban J connectivity index is 2.58. The molecule has 0 amide bonds. The number of carbonyl (C=O) groups is 1. The summed E-state index contributed by atoms with van der Waals surface area (Å²) >= 11 is 6.04. The van der Waals surface area contributed by atoms with Crippen molar-refractivity contribution in [2.45, 2.75) is 32.6 Å². The SMILES string of the molecule is CC(C)(C)c1cc2c(c(Cl)n1)C(=O)OCC2. The van der Waals surface area contributed by atoms with E-state index in [0.717, 1.165) is 11.3 Å². The van der Waals surface area contributed by atoms with Gasteiger partial charge in [-0.25, -0.2) is 9.78 Å². The van der Waals surface area contributed by atoms with Crippen LogP contribution in [0.1, 0.15) is 42.4 Å². The average molecular weight is 240 g/mol. The maximum atomic E-state index is 11.5. The van der Waals surface area contributed by atoms with Crippen LogP contribution in [0.4, 0.5) is 0 Å². The van der Waals surface area contributed by atoms with E-state index in [1.807, 2.05) is 6.07 Å². The first kappa shape index (κ1) is 11.4. The predicted molar refractivity (Wildman–Crippen MR) is 61.9 cm³/mol. The van der Waals surface area contributed by atoms with Crippen LogP contribution in [0.2, 0.25) is 5.15 Å². The van der Waals surface area contributed by atoms with Crippen LogP contribution in [-0.2, 0) is 16.6 Å². The fraction of sp³-hybridized carbons (Fsp3) is 0.500. The van der Waals surface area contributed by atoms with Gasteiger partial charge in [0.25, 0.3) is 0 Å². The van der Waals surface area contributed by atoms with E-state index in [4.69, 9.17) is 16.3 Å². The molecule has 0 saturated carbocycles. The second kappa shape index (κ2) is 3.74. The molecule has 2 rings (SSSR count). The minimum absolute atomic E-state index is 0.0694. The zero-order valence-corrected chi connectivity index (χ0v) is 10.4. The number of pyridine rings is 1. The Morgan fingerprint density at radius 1 is 1.44 bits per heavy atom. The fourth-order valence-corrected chi connectivity index (χ4v) is 1.98. The normalized spacial score (nSPS) is 15.6. The number of aromatic nitrogens is 1. The highest BCUT2D eigenvalue weighted by molar-refractivity contribution is 6.32. The summed E-state index contributed by atoms with van der Waals surface area (Å²) in [5.41, 5.74) is 2.22. The van der Waals surface area contributed by atoms with Gasteiger partial charge in [0.05, 0.1) is 6.61 Å². The number of fused-ring (bicyclic) bond motifs is 1. The molecular weight excluding hydrogens is 226 g/mol. The van der Waals surface area contributed by atoms with Gasteiger partial charge in [0.15, 0.2) is 0 Å². The van der Waals surface area contributed by atoms with E-state index in [1.165, 1.54) is 0 Å². The van der Waals surface area contributed by atoms with Gasteiger partial charge in [0.1, 0.15) is 10.7 Å². The molecule has 0 spiro atoms. The highest BCUT2D eigenvalue weighted by atomic mass is 35.5. The summed E-state index contributed by atoms with van der Waals surface area (Å²) in [5.74, 6) is -0.362. The van der Waals surface area contributed by atoms with E-state index < -0.39 is 0 Å². The first-order valence-electron chi connectivity index (χ1n) is 5.26. The van der Waals surface area contributed by atoms with Gasteiger partial charge in [-0.15, -0.1) is 0 Å². The molecule has 1 aromatic heterocycles. The van der Waals surface area contributed by atoms with Gasteiger partial charge in [0.2, 0.25) is 0 Å². The minimum atomic E-state index is -0.362. The largest absolute Gasteiger partial charge is 0.462 e. The van der Waals surface area contributed by atoms with E-state index in [2.05, 4.69) is 25.8 Å². The Morgan fingerprint density at radius 3 is 2.75 bits per heavy atom. The van der Waals surface area contributed by atoms with Gasteiger partial charge < -0.3 is 4.74 Å². The van der Waals surface area contributed by atoms with Crippen molar-refractivity contribution in [3.8, 4) is 0 Å². The molecule has 0 aliphatic carbocycles. The number of hydrogen-bond donors (Lipinski definition) is 0. The fourth-order valence-electron chi connectivity index (χ4n) is 1.69. The number of nitrogens with zero attached hydrogens (tertiary/aromatic N) is 1. The van der Waals surface area contributed by atoms with Crippen LogP contribution in [0, 0.1) is 0 Å². The third-order valence-corrected chi connectivity index (χ3v) is 2.91. The third kappa shape index (κ3) is 1.92. The lowest BCUT2D eigenvalue weighted by Crippen LogP contribution is -2.22. The van der Waals surface area contributed by atoms with Crippen molar-refractivity contribution in [3.63, 3.8) is 0 Å². The maximum absolute atomic E-state index is 11.5. The smallest absolute Gasteiger partial charge is 0.341 e. The number of hydrogen-bond acceptors (Lipinski definition) is 3. The monoisotopic (exact) mass is 239 g/mol. The molecule has 0 atom stereocenters. The van der Waals surface area contributed by atoms with Gasteiger partial charge in [-0.2, -0.15) is 0 Å². The lowest BCUT2D eigenvalue weighted by atomic mass is 9.89. The van der Waals surface area contributed by atoms with Crippen molar-refractivity contribution in [2.24, 2.45) is 0 Å². The standard InChI is InChI=1S/C12H14ClNO2/c1-12(2,3)8-6-7-4-5-16-11(15)9(7)10(13)14-8/h6H,4-5H2,1-3H3. The number of ether oxygens (including phenoxy) is 1. The topological polar surface area (TPSA) is 39.2 Å². The number of rotatable bonds is 0. The van der Waals surface area contributed by atoms with Crippen molar-refractivity contribution in [2.75, 3.05) is 6.61 Å². The molecule has 1 aliphatic heterocycles. The summed E-state index contributed by atoms with van der Waals surface area (Å²) in [6.07, 6.45) is 0.715. The molecule has 0 bridgehead atoms. The molecule has 0 fully saturated rings. The summed E-state index contributed by atoms with van der Waals surface area (Å²) in [6, 6.07) is 1.96. The molecule has 0 unspecified atom stereocenters. The van der Waals surface area contributed by atoms with Crippen LogP contribution < -0.4 is 0 Å². The van der Waals surface area contributed by atoms with Crippen LogP contribution in [0.25, 0.3) is 0 Å². The first-order chi connectivity index (χ1) is 7.39. The minimum Gasteiger partial charge on any atom is -0.462 e. The number of cyclic esters (lactones) is 1. The molecular formula is C12H14ClNO2. The van der Waals surface area contributed by atoms with E-state index in [0.29, 0.717) is 18.6 Å². The Hall–Kier alpha value is -1.09. The molecule has 0 saturated heterocycles. The molecule has 1 aromatic rings. The molecule has 0 N–H and O–H groups in total. The van der Waals surface area contributed by atoms with E-state index in [9.17, 15) is 4.79 Å². The van der Waals surface area contributed by atoms with Gasteiger partial charge in [-0.05, 0) is 11.6 Å². The van der Waals surface area contributed by atoms with E-state index in [1.54, 1.807) is 0 Å². The average Bonchev–Trinajstić information content (AvgIpc) is 2.15. The third-order valence-electron chi connectivity index (χ3n) is 2.63. The maximum Gasteiger partial charge on any atom is 0.341 e. The first-order valence-corrected chi connectivity index (χ1v) is 5.64. The highest BCUT2D eigenvalue weighted by Crippen LogP contribution is 2.29. The summed E-state index contributed by atoms with van der Waals surface area (Å²) in [5, 5.41) is 0.257. The van der Waals surface area contributed by atoms with Crippen LogP contribution in [0.3, 0.4) is 0 Å². The molecule has 0 radical (unpaired) electrons. The Bertz CT molecular complexity index is 449. The lowest BCUT2D eigenvalue weighted by Gasteiger charge is -2.22. The van der Waals surface area contributed by atoms with Crippen LogP contribution in [-0.4, -0.2) is 17.6 Å². The zero-order valence-electron chi connectivity index (χ0n) is 9.63. The Labute approximate surface area is 99.8 Å². The molecule has 3 nitrogen and oxygen atoms in total. The second-order valence-electron chi connectivity index (χ2n) is 4.97. The number of esters is 1. The van der Waals surface area contributed by atoms with E-state index >= 15 is 0 Å². The Morgan fingerprint density at radius 2 is 2.12 bits per heavy atom. The quantitative estimate of drug-likeness (QED) is 0.516. The summed E-state index contributed by atoms with van der Waals surface area (Å²) in [7, 11) is 0. The van der Waals surface area contributed by atoms with Crippen molar-refractivity contribution in [3.05, 3.63) is 28.0 Å². The van der Waals surface area contributed by atoms with Gasteiger partial charge >= 0.3 is 5.97 Å². The molecule has 1 aliphatic rings.